The highest BCUT2D eigenvalue weighted by atomic mass is 16.6. The summed E-state index contributed by atoms with van der Waals surface area (Å²) in [7, 11) is 0. The van der Waals surface area contributed by atoms with Crippen molar-refractivity contribution in [3.05, 3.63) is 83.0 Å². The summed E-state index contributed by atoms with van der Waals surface area (Å²) in [4.78, 5) is 30.8. The van der Waals surface area contributed by atoms with Crippen molar-refractivity contribution >= 4 is 12.0 Å². The van der Waals surface area contributed by atoms with Crippen LogP contribution >= 0.6 is 0 Å². The van der Waals surface area contributed by atoms with Crippen molar-refractivity contribution in [2.75, 3.05) is 19.6 Å². The third-order valence-electron chi connectivity index (χ3n) is 7.27. The summed E-state index contributed by atoms with van der Waals surface area (Å²) in [6, 6.07) is 20.1. The second-order valence-electron chi connectivity index (χ2n) is 12.7. The molecule has 0 aliphatic carbocycles. The van der Waals surface area contributed by atoms with Gasteiger partial charge in [-0.25, -0.2) is 4.79 Å². The Morgan fingerprint density at radius 3 is 2.29 bits per heavy atom. The average molecular weight is 557 g/mol. The van der Waals surface area contributed by atoms with Gasteiger partial charge in [-0.2, -0.15) is 0 Å². The predicted octanol–water partition coefficient (Wildman–Crippen LogP) is 6.77. The molecular weight excluding hydrogens is 512 g/mol. The molecule has 1 aromatic heterocycles. The minimum atomic E-state index is -0.599. The third kappa shape index (κ3) is 7.72. The monoisotopic (exact) mass is 556 g/mol. The Morgan fingerprint density at radius 2 is 1.63 bits per heavy atom. The van der Waals surface area contributed by atoms with E-state index in [0.29, 0.717) is 43.6 Å². The average Bonchev–Trinajstić information content (AvgIpc) is 2.92. The van der Waals surface area contributed by atoms with Crippen LogP contribution in [0.15, 0.2) is 60.7 Å². The summed E-state index contributed by atoms with van der Waals surface area (Å²) in [6.45, 7) is 15.4. The zero-order valence-electron chi connectivity index (χ0n) is 25.6. The van der Waals surface area contributed by atoms with Gasteiger partial charge in [0.15, 0.2) is 5.69 Å². The van der Waals surface area contributed by atoms with Crippen molar-refractivity contribution in [1.82, 2.24) is 20.0 Å². The smallest absolute Gasteiger partial charge is 0.410 e. The Kier molecular flexibility index (Phi) is 9.46. The van der Waals surface area contributed by atoms with E-state index in [1.807, 2.05) is 74.2 Å². The lowest BCUT2D eigenvalue weighted by molar-refractivity contribution is -0.000726. The first-order valence-electron chi connectivity index (χ1n) is 14.7. The number of carbonyl (C=O) groups excluding carboxylic acids is 2. The molecule has 2 amide bonds. The lowest BCUT2D eigenvalue weighted by Gasteiger charge is -2.41. The lowest BCUT2D eigenvalue weighted by Crippen LogP contribution is -2.58. The Labute approximate surface area is 244 Å². The highest BCUT2D eigenvalue weighted by Crippen LogP contribution is 2.29. The number of ether oxygens (including phenoxy) is 1. The summed E-state index contributed by atoms with van der Waals surface area (Å²) in [6.07, 6.45) is 0.997. The fraction of sp³-hybridized carbons (Fsp3) is 0.471. The van der Waals surface area contributed by atoms with Crippen molar-refractivity contribution in [2.45, 2.75) is 78.9 Å². The van der Waals surface area contributed by atoms with E-state index in [4.69, 9.17) is 4.74 Å². The fourth-order valence-electron chi connectivity index (χ4n) is 5.38. The van der Waals surface area contributed by atoms with Gasteiger partial charge in [0, 0.05) is 25.2 Å². The van der Waals surface area contributed by atoms with Crippen LogP contribution in [0.4, 0.5) is 4.79 Å². The number of nitrogens with zero attached hydrogens (tertiary/aromatic N) is 4. The number of benzene rings is 2. The number of aromatic nitrogens is 2. The normalized spacial score (nSPS) is 15.9. The van der Waals surface area contributed by atoms with E-state index in [2.05, 4.69) is 50.0 Å². The van der Waals surface area contributed by atoms with Gasteiger partial charge in [-0.15, -0.1) is 10.2 Å². The molecule has 1 atom stereocenters. The molecule has 0 radical (unpaired) electrons. The molecule has 218 valence electrons. The molecule has 3 aromatic rings. The van der Waals surface area contributed by atoms with E-state index in [1.165, 1.54) is 5.56 Å². The van der Waals surface area contributed by atoms with Crippen molar-refractivity contribution in [3.8, 4) is 11.3 Å². The van der Waals surface area contributed by atoms with Crippen molar-refractivity contribution < 1.29 is 14.3 Å². The molecule has 1 aliphatic rings. The highest BCUT2D eigenvalue weighted by Gasteiger charge is 2.36. The number of piperazine rings is 1. The van der Waals surface area contributed by atoms with Crippen LogP contribution in [0.1, 0.15) is 81.6 Å². The van der Waals surface area contributed by atoms with Gasteiger partial charge in [-0.1, -0.05) is 82.3 Å². The second kappa shape index (κ2) is 12.8. The Morgan fingerprint density at radius 1 is 0.951 bits per heavy atom. The van der Waals surface area contributed by atoms with Crippen molar-refractivity contribution in [2.24, 2.45) is 5.92 Å². The summed E-state index contributed by atoms with van der Waals surface area (Å²) in [5.41, 5.74) is 4.85. The number of rotatable bonds is 7. The van der Waals surface area contributed by atoms with Gasteiger partial charge in [-0.3, -0.25) is 4.79 Å². The number of hydrogen-bond acceptors (Lipinski definition) is 5. The summed E-state index contributed by atoms with van der Waals surface area (Å²) >= 11 is 0. The molecule has 2 aromatic carbocycles. The molecule has 0 N–H and O–H groups in total. The largest absolute Gasteiger partial charge is 0.444 e. The minimum Gasteiger partial charge on any atom is -0.444 e. The zero-order valence-corrected chi connectivity index (χ0v) is 25.6. The van der Waals surface area contributed by atoms with Crippen LogP contribution in [-0.4, -0.2) is 63.3 Å². The summed E-state index contributed by atoms with van der Waals surface area (Å²) in [5.74, 6) is 0.540. The third-order valence-corrected chi connectivity index (χ3v) is 7.27. The molecular formula is C34H44N4O3. The van der Waals surface area contributed by atoms with Crippen LogP contribution in [-0.2, 0) is 17.6 Å². The Bertz CT molecular complexity index is 1350. The molecule has 0 unspecified atom stereocenters. The van der Waals surface area contributed by atoms with Crippen LogP contribution in [0.5, 0.6) is 0 Å². The second-order valence-corrected chi connectivity index (χ2v) is 12.7. The quantitative estimate of drug-likeness (QED) is 0.321. The first kappa shape index (κ1) is 30.2. The van der Waals surface area contributed by atoms with E-state index in [9.17, 15) is 9.59 Å². The molecule has 1 aliphatic heterocycles. The Balaban J connectivity index is 1.64. The SMILES string of the molecule is CC(C)Cc1cc(-c2ccccc2C(C)C)nnc1C(=O)N1CCN(C(=O)OC(C)(C)C)[C@@H](Cc2ccccc2)C1. The summed E-state index contributed by atoms with van der Waals surface area (Å²) in [5, 5.41) is 9.11. The van der Waals surface area contributed by atoms with E-state index in [-0.39, 0.29) is 18.0 Å². The van der Waals surface area contributed by atoms with Crippen LogP contribution in [0, 0.1) is 5.92 Å². The van der Waals surface area contributed by atoms with Crippen LogP contribution in [0.25, 0.3) is 11.3 Å². The first-order valence-corrected chi connectivity index (χ1v) is 14.7. The molecule has 7 nitrogen and oxygen atoms in total. The number of amides is 2. The lowest BCUT2D eigenvalue weighted by atomic mass is 9.93. The van der Waals surface area contributed by atoms with Crippen LogP contribution in [0.2, 0.25) is 0 Å². The summed E-state index contributed by atoms with van der Waals surface area (Å²) < 4.78 is 5.73. The molecule has 1 saturated heterocycles. The molecule has 0 spiro atoms. The molecule has 41 heavy (non-hydrogen) atoms. The van der Waals surface area contributed by atoms with E-state index in [0.717, 1.165) is 28.8 Å². The highest BCUT2D eigenvalue weighted by molar-refractivity contribution is 5.94. The standard InChI is InChI=1S/C34H44N4O3/c1-23(2)19-26-21-30(29-16-12-11-15-28(29)24(3)4)35-36-31(26)32(39)37-17-18-38(33(40)41-34(5,6)7)27(22-37)20-25-13-9-8-10-14-25/h8-16,21,23-24,27H,17-20,22H2,1-7H3/t27-/m0/s1. The molecule has 7 heteroatoms. The van der Waals surface area contributed by atoms with Gasteiger partial charge >= 0.3 is 6.09 Å². The molecule has 2 heterocycles. The number of hydrogen-bond donors (Lipinski definition) is 0. The van der Waals surface area contributed by atoms with E-state index < -0.39 is 5.60 Å². The van der Waals surface area contributed by atoms with Crippen molar-refractivity contribution in [3.63, 3.8) is 0 Å². The van der Waals surface area contributed by atoms with Crippen LogP contribution < -0.4 is 0 Å². The maximum Gasteiger partial charge on any atom is 0.410 e. The zero-order chi connectivity index (χ0) is 29.7. The van der Waals surface area contributed by atoms with Gasteiger partial charge in [0.1, 0.15) is 5.60 Å². The Hall–Kier alpha value is -3.74. The van der Waals surface area contributed by atoms with Crippen molar-refractivity contribution in [1.29, 1.82) is 0 Å². The van der Waals surface area contributed by atoms with Gasteiger partial charge in [0.2, 0.25) is 0 Å². The maximum atomic E-state index is 14.0. The minimum absolute atomic E-state index is 0.140. The van der Waals surface area contributed by atoms with Gasteiger partial charge < -0.3 is 14.5 Å². The van der Waals surface area contributed by atoms with Gasteiger partial charge in [0.05, 0.1) is 11.7 Å². The van der Waals surface area contributed by atoms with Crippen LogP contribution in [0.3, 0.4) is 0 Å². The van der Waals surface area contributed by atoms with Gasteiger partial charge in [0.25, 0.3) is 5.91 Å². The molecule has 0 bridgehead atoms. The maximum absolute atomic E-state index is 14.0. The molecule has 0 saturated carbocycles. The molecule has 1 fully saturated rings. The van der Waals surface area contributed by atoms with E-state index >= 15 is 0 Å². The molecule has 4 rings (SSSR count). The predicted molar refractivity (Wildman–Crippen MR) is 163 cm³/mol. The number of carbonyl (C=O) groups is 2. The van der Waals surface area contributed by atoms with E-state index in [1.54, 1.807) is 4.90 Å². The van der Waals surface area contributed by atoms with Gasteiger partial charge in [-0.05, 0) is 68.2 Å². The fourth-order valence-corrected chi connectivity index (χ4v) is 5.38. The topological polar surface area (TPSA) is 75.6 Å². The first-order chi connectivity index (χ1) is 19.4.